The summed E-state index contributed by atoms with van der Waals surface area (Å²) in [6.07, 6.45) is 1.94. The smallest absolute Gasteiger partial charge is 0.312 e. The lowest BCUT2D eigenvalue weighted by molar-refractivity contribution is -0.157. The Kier molecular flexibility index (Phi) is 3.53. The molecular formula is C11H20O3. The van der Waals surface area contributed by atoms with Gasteiger partial charge in [0, 0.05) is 6.61 Å². The molecule has 1 aliphatic rings. The van der Waals surface area contributed by atoms with E-state index in [1.54, 1.807) is 0 Å². The Morgan fingerprint density at radius 1 is 1.43 bits per heavy atom. The van der Waals surface area contributed by atoms with Gasteiger partial charge in [0.1, 0.15) is 5.60 Å². The molecular weight excluding hydrogens is 180 g/mol. The number of ether oxygens (including phenoxy) is 2. The topological polar surface area (TPSA) is 35.5 Å². The van der Waals surface area contributed by atoms with Crippen LogP contribution in [0.25, 0.3) is 0 Å². The molecule has 0 radical (unpaired) electrons. The van der Waals surface area contributed by atoms with E-state index >= 15 is 0 Å². The van der Waals surface area contributed by atoms with Gasteiger partial charge in [-0.25, -0.2) is 0 Å². The van der Waals surface area contributed by atoms with E-state index in [1.165, 1.54) is 0 Å². The summed E-state index contributed by atoms with van der Waals surface area (Å²) in [5.41, 5.74) is -0.380. The van der Waals surface area contributed by atoms with E-state index in [4.69, 9.17) is 9.47 Å². The van der Waals surface area contributed by atoms with E-state index in [-0.39, 0.29) is 23.6 Å². The van der Waals surface area contributed by atoms with Crippen LogP contribution in [0.3, 0.4) is 0 Å². The van der Waals surface area contributed by atoms with E-state index in [1.807, 2.05) is 20.8 Å². The first-order valence-electron chi connectivity index (χ1n) is 5.28. The average Bonchev–Trinajstić information content (AvgIpc) is 2.76. The minimum Gasteiger partial charge on any atom is -0.460 e. The molecule has 0 aliphatic heterocycles. The lowest BCUT2D eigenvalue weighted by atomic mass is 10.2. The van der Waals surface area contributed by atoms with Gasteiger partial charge in [-0.15, -0.1) is 0 Å². The van der Waals surface area contributed by atoms with Crippen molar-refractivity contribution in [2.45, 2.75) is 52.2 Å². The number of esters is 1. The second kappa shape index (κ2) is 4.30. The Balaban J connectivity index is 2.22. The lowest BCUT2D eigenvalue weighted by Gasteiger charge is -2.19. The van der Waals surface area contributed by atoms with Crippen molar-refractivity contribution in [3.8, 4) is 0 Å². The van der Waals surface area contributed by atoms with Crippen LogP contribution in [-0.2, 0) is 14.3 Å². The van der Waals surface area contributed by atoms with Crippen LogP contribution in [-0.4, -0.2) is 24.3 Å². The lowest BCUT2D eigenvalue weighted by Crippen LogP contribution is -2.25. The Bertz CT molecular complexity index is 205. The number of carbonyl (C=O) groups excluding carboxylic acids is 1. The molecule has 82 valence electrons. The number of hydrogen-bond acceptors (Lipinski definition) is 3. The summed E-state index contributed by atoms with van der Waals surface area (Å²) in [5, 5.41) is 0. The zero-order valence-electron chi connectivity index (χ0n) is 9.50. The molecule has 0 saturated heterocycles. The van der Waals surface area contributed by atoms with Crippen LogP contribution in [0.4, 0.5) is 0 Å². The molecule has 0 aromatic rings. The van der Waals surface area contributed by atoms with Gasteiger partial charge in [0.15, 0.2) is 0 Å². The Morgan fingerprint density at radius 2 is 2.07 bits per heavy atom. The fourth-order valence-corrected chi connectivity index (χ4v) is 1.25. The molecule has 0 bridgehead atoms. The third-order valence-corrected chi connectivity index (χ3v) is 1.98. The molecule has 0 spiro atoms. The van der Waals surface area contributed by atoms with Gasteiger partial charge in [-0.3, -0.25) is 4.79 Å². The highest BCUT2D eigenvalue weighted by atomic mass is 16.6. The van der Waals surface area contributed by atoms with Crippen molar-refractivity contribution in [3.05, 3.63) is 0 Å². The normalized spacial score (nSPS) is 26.0. The fourth-order valence-electron chi connectivity index (χ4n) is 1.25. The fraction of sp³-hybridized carbons (Fsp3) is 0.909. The number of hydrogen-bond donors (Lipinski definition) is 0. The molecule has 1 saturated carbocycles. The van der Waals surface area contributed by atoms with Gasteiger partial charge in [0.2, 0.25) is 0 Å². The minimum atomic E-state index is -0.380. The van der Waals surface area contributed by atoms with Gasteiger partial charge in [0.05, 0.1) is 12.0 Å². The predicted molar refractivity (Wildman–Crippen MR) is 54.0 cm³/mol. The maximum atomic E-state index is 11.5. The van der Waals surface area contributed by atoms with Crippen LogP contribution in [0.2, 0.25) is 0 Å². The van der Waals surface area contributed by atoms with Crippen LogP contribution >= 0.6 is 0 Å². The highest BCUT2D eigenvalue weighted by molar-refractivity contribution is 5.76. The van der Waals surface area contributed by atoms with Crippen molar-refractivity contribution in [2.75, 3.05) is 6.61 Å². The van der Waals surface area contributed by atoms with Gasteiger partial charge in [0.25, 0.3) is 0 Å². The predicted octanol–water partition coefficient (Wildman–Crippen LogP) is 2.14. The zero-order valence-corrected chi connectivity index (χ0v) is 9.50. The summed E-state index contributed by atoms with van der Waals surface area (Å²) in [7, 11) is 0. The first kappa shape index (κ1) is 11.5. The van der Waals surface area contributed by atoms with Gasteiger partial charge < -0.3 is 9.47 Å². The molecule has 2 atom stereocenters. The van der Waals surface area contributed by atoms with Crippen LogP contribution in [0.15, 0.2) is 0 Å². The second-order valence-electron chi connectivity index (χ2n) is 4.78. The van der Waals surface area contributed by atoms with Gasteiger partial charge in [-0.2, -0.15) is 0 Å². The Morgan fingerprint density at radius 3 is 2.57 bits per heavy atom. The van der Waals surface area contributed by atoms with E-state index < -0.39 is 0 Å². The molecule has 3 nitrogen and oxygen atoms in total. The molecule has 1 aliphatic carbocycles. The van der Waals surface area contributed by atoms with Crippen LogP contribution < -0.4 is 0 Å². The Labute approximate surface area is 85.8 Å². The van der Waals surface area contributed by atoms with Crippen LogP contribution in [0.5, 0.6) is 0 Å². The first-order chi connectivity index (χ1) is 6.44. The third kappa shape index (κ3) is 3.66. The van der Waals surface area contributed by atoms with Gasteiger partial charge in [-0.05, 0) is 33.6 Å². The molecule has 0 heterocycles. The van der Waals surface area contributed by atoms with Crippen molar-refractivity contribution in [2.24, 2.45) is 5.92 Å². The van der Waals surface area contributed by atoms with Crippen molar-refractivity contribution < 1.29 is 14.3 Å². The molecule has 1 rings (SSSR count). The minimum absolute atomic E-state index is 0.0132. The summed E-state index contributed by atoms with van der Waals surface area (Å²) >= 11 is 0. The summed E-state index contributed by atoms with van der Waals surface area (Å²) in [5.74, 6) is -0.126. The highest BCUT2D eigenvalue weighted by Crippen LogP contribution is 2.35. The van der Waals surface area contributed by atoms with Crippen molar-refractivity contribution in [1.29, 1.82) is 0 Å². The number of carbonyl (C=O) groups is 1. The largest absolute Gasteiger partial charge is 0.460 e. The maximum Gasteiger partial charge on any atom is 0.312 e. The van der Waals surface area contributed by atoms with E-state index in [9.17, 15) is 4.79 Å². The third-order valence-electron chi connectivity index (χ3n) is 1.98. The number of rotatable bonds is 4. The Hall–Kier alpha value is -0.570. The standard InChI is InChI=1S/C11H20O3/c1-5-6-13-9-7-8(9)10(12)14-11(2,3)4/h8-9H,5-7H2,1-4H3. The van der Waals surface area contributed by atoms with Crippen molar-refractivity contribution >= 4 is 5.97 Å². The average molecular weight is 200 g/mol. The maximum absolute atomic E-state index is 11.5. The second-order valence-corrected chi connectivity index (χ2v) is 4.78. The molecule has 14 heavy (non-hydrogen) atoms. The van der Waals surface area contributed by atoms with Gasteiger partial charge >= 0.3 is 5.97 Å². The summed E-state index contributed by atoms with van der Waals surface area (Å²) in [4.78, 5) is 11.5. The molecule has 0 N–H and O–H groups in total. The van der Waals surface area contributed by atoms with Crippen molar-refractivity contribution in [3.63, 3.8) is 0 Å². The van der Waals surface area contributed by atoms with E-state index in [0.29, 0.717) is 0 Å². The molecule has 3 heteroatoms. The van der Waals surface area contributed by atoms with Crippen molar-refractivity contribution in [1.82, 2.24) is 0 Å². The molecule has 2 unspecified atom stereocenters. The SMILES string of the molecule is CCCOC1CC1C(=O)OC(C)(C)C. The monoisotopic (exact) mass is 200 g/mol. The quantitative estimate of drug-likeness (QED) is 0.652. The van der Waals surface area contributed by atoms with E-state index in [2.05, 4.69) is 6.92 Å². The first-order valence-corrected chi connectivity index (χ1v) is 5.28. The van der Waals surface area contributed by atoms with Crippen LogP contribution in [0.1, 0.15) is 40.5 Å². The summed E-state index contributed by atoms with van der Waals surface area (Å²) < 4.78 is 10.7. The van der Waals surface area contributed by atoms with Gasteiger partial charge in [-0.1, -0.05) is 6.92 Å². The molecule has 1 fully saturated rings. The molecule has 0 amide bonds. The summed E-state index contributed by atoms with van der Waals surface area (Å²) in [6.45, 7) is 8.45. The highest BCUT2D eigenvalue weighted by Gasteiger charge is 2.46. The summed E-state index contributed by atoms with van der Waals surface area (Å²) in [6, 6.07) is 0. The molecule has 0 aromatic heterocycles. The molecule has 0 aromatic carbocycles. The van der Waals surface area contributed by atoms with Crippen LogP contribution in [0, 0.1) is 5.92 Å². The van der Waals surface area contributed by atoms with E-state index in [0.717, 1.165) is 19.4 Å². The zero-order chi connectivity index (χ0) is 10.8.